The molecule has 1 N–H and O–H groups in total. The smallest absolute Gasteiger partial charge is 0.307 e. The predicted molar refractivity (Wildman–Crippen MR) is 53.6 cm³/mol. The summed E-state index contributed by atoms with van der Waals surface area (Å²) in [6.07, 6.45) is 1.10. The first kappa shape index (κ1) is 11.8. The van der Waals surface area contributed by atoms with Gasteiger partial charge in [0.2, 0.25) is 0 Å². The van der Waals surface area contributed by atoms with Gasteiger partial charge in [0, 0.05) is 10.5 Å². The second kappa shape index (κ2) is 5.46. The van der Waals surface area contributed by atoms with Gasteiger partial charge < -0.3 is 5.11 Å². The Morgan fingerprint density at radius 2 is 1.92 bits per heavy atom. The van der Waals surface area contributed by atoms with Gasteiger partial charge in [-0.1, -0.05) is 27.7 Å². The second-order valence-electron chi connectivity index (χ2n) is 3.19. The van der Waals surface area contributed by atoms with Crippen LogP contribution < -0.4 is 0 Å². The van der Waals surface area contributed by atoms with Gasteiger partial charge in [0.15, 0.2) is 0 Å². The normalized spacial score (nSPS) is 18.3. The standard InChI is InChI=1S/C9H18O2S/c1-5-6(2)12-8(4)7(3)9(10)11/h6-8H,5H2,1-4H3,(H,10,11). The number of hydrogen-bond donors (Lipinski definition) is 1. The van der Waals surface area contributed by atoms with Crippen LogP contribution in [0.2, 0.25) is 0 Å². The lowest BCUT2D eigenvalue weighted by Gasteiger charge is -2.18. The van der Waals surface area contributed by atoms with E-state index in [0.717, 1.165) is 6.42 Å². The molecule has 0 aromatic rings. The highest BCUT2D eigenvalue weighted by Gasteiger charge is 2.20. The maximum Gasteiger partial charge on any atom is 0.307 e. The lowest BCUT2D eigenvalue weighted by atomic mass is 10.1. The van der Waals surface area contributed by atoms with Crippen LogP contribution in [-0.4, -0.2) is 21.6 Å². The summed E-state index contributed by atoms with van der Waals surface area (Å²) in [7, 11) is 0. The van der Waals surface area contributed by atoms with Gasteiger partial charge in [0.25, 0.3) is 0 Å². The molecular weight excluding hydrogens is 172 g/mol. The van der Waals surface area contributed by atoms with E-state index in [1.54, 1.807) is 18.7 Å². The van der Waals surface area contributed by atoms with Crippen LogP contribution in [0, 0.1) is 5.92 Å². The first-order valence-electron chi connectivity index (χ1n) is 4.37. The monoisotopic (exact) mass is 190 g/mol. The highest BCUT2D eigenvalue weighted by atomic mass is 32.2. The number of rotatable bonds is 5. The van der Waals surface area contributed by atoms with Gasteiger partial charge in [-0.2, -0.15) is 11.8 Å². The van der Waals surface area contributed by atoms with E-state index < -0.39 is 5.97 Å². The maximum absolute atomic E-state index is 10.6. The van der Waals surface area contributed by atoms with Crippen LogP contribution in [0.15, 0.2) is 0 Å². The van der Waals surface area contributed by atoms with Crippen molar-refractivity contribution in [1.29, 1.82) is 0 Å². The average Bonchev–Trinajstić information content (AvgIpc) is 2.02. The van der Waals surface area contributed by atoms with Crippen molar-refractivity contribution in [2.75, 3.05) is 0 Å². The molecule has 0 radical (unpaired) electrons. The molecule has 0 amide bonds. The highest BCUT2D eigenvalue weighted by Crippen LogP contribution is 2.25. The molecule has 0 spiro atoms. The van der Waals surface area contributed by atoms with E-state index in [2.05, 4.69) is 13.8 Å². The van der Waals surface area contributed by atoms with Gasteiger partial charge in [0.1, 0.15) is 0 Å². The van der Waals surface area contributed by atoms with E-state index in [0.29, 0.717) is 5.25 Å². The van der Waals surface area contributed by atoms with Gasteiger partial charge in [-0.25, -0.2) is 0 Å². The third-order valence-corrected chi connectivity index (χ3v) is 3.75. The first-order chi connectivity index (χ1) is 5.49. The molecule has 3 unspecified atom stereocenters. The molecule has 0 aromatic heterocycles. The Hall–Kier alpha value is -0.180. The fourth-order valence-corrected chi connectivity index (χ4v) is 2.06. The summed E-state index contributed by atoms with van der Waals surface area (Å²) in [5.41, 5.74) is 0. The Balaban J connectivity index is 3.86. The third-order valence-electron chi connectivity index (χ3n) is 2.12. The summed E-state index contributed by atoms with van der Waals surface area (Å²) >= 11 is 1.76. The van der Waals surface area contributed by atoms with Crippen LogP contribution in [0.4, 0.5) is 0 Å². The second-order valence-corrected chi connectivity index (χ2v) is 5.01. The molecule has 0 aliphatic heterocycles. The molecule has 72 valence electrons. The maximum atomic E-state index is 10.6. The van der Waals surface area contributed by atoms with Crippen molar-refractivity contribution in [3.05, 3.63) is 0 Å². The largest absolute Gasteiger partial charge is 0.481 e. The van der Waals surface area contributed by atoms with Crippen molar-refractivity contribution in [3.63, 3.8) is 0 Å². The summed E-state index contributed by atoms with van der Waals surface area (Å²) in [5.74, 6) is -0.942. The number of carboxylic acids is 1. The van der Waals surface area contributed by atoms with Crippen LogP contribution in [0.3, 0.4) is 0 Å². The average molecular weight is 190 g/mol. The molecule has 0 heterocycles. The molecule has 2 nitrogen and oxygen atoms in total. The Labute approximate surface area is 78.7 Å². The van der Waals surface area contributed by atoms with E-state index in [4.69, 9.17) is 5.11 Å². The van der Waals surface area contributed by atoms with Crippen LogP contribution >= 0.6 is 11.8 Å². The fraction of sp³-hybridized carbons (Fsp3) is 0.889. The number of hydrogen-bond acceptors (Lipinski definition) is 2. The molecule has 3 atom stereocenters. The Morgan fingerprint density at radius 3 is 2.25 bits per heavy atom. The van der Waals surface area contributed by atoms with Gasteiger partial charge in [0.05, 0.1) is 5.92 Å². The van der Waals surface area contributed by atoms with E-state index in [1.165, 1.54) is 0 Å². The van der Waals surface area contributed by atoms with Crippen molar-refractivity contribution in [2.24, 2.45) is 5.92 Å². The third kappa shape index (κ3) is 4.00. The quantitative estimate of drug-likeness (QED) is 0.724. The van der Waals surface area contributed by atoms with Gasteiger partial charge in [-0.15, -0.1) is 0 Å². The van der Waals surface area contributed by atoms with Crippen molar-refractivity contribution in [1.82, 2.24) is 0 Å². The lowest BCUT2D eigenvalue weighted by Crippen LogP contribution is -2.21. The number of aliphatic carboxylic acids is 1. The van der Waals surface area contributed by atoms with E-state index >= 15 is 0 Å². The SMILES string of the molecule is CCC(C)SC(C)C(C)C(=O)O. The molecule has 0 aliphatic carbocycles. The Kier molecular flexibility index (Phi) is 5.38. The molecule has 12 heavy (non-hydrogen) atoms. The molecule has 0 aliphatic rings. The zero-order valence-electron chi connectivity index (χ0n) is 8.20. The van der Waals surface area contributed by atoms with E-state index in [9.17, 15) is 4.79 Å². The van der Waals surface area contributed by atoms with Gasteiger partial charge in [-0.3, -0.25) is 4.79 Å². The molecule has 0 saturated heterocycles. The summed E-state index contributed by atoms with van der Waals surface area (Å²) in [4.78, 5) is 10.6. The summed E-state index contributed by atoms with van der Waals surface area (Å²) in [6.45, 7) is 8.00. The molecule has 0 rings (SSSR count). The predicted octanol–water partition coefficient (Wildman–Crippen LogP) is 2.63. The fourth-order valence-electron chi connectivity index (χ4n) is 0.781. The lowest BCUT2D eigenvalue weighted by molar-refractivity contribution is -0.140. The number of carboxylic acid groups (broad SMARTS) is 1. The van der Waals surface area contributed by atoms with Gasteiger partial charge in [-0.05, 0) is 6.42 Å². The van der Waals surface area contributed by atoms with E-state index in [1.807, 2.05) is 6.92 Å². The van der Waals surface area contributed by atoms with Crippen molar-refractivity contribution < 1.29 is 9.90 Å². The summed E-state index contributed by atoms with van der Waals surface area (Å²) in [5, 5.41) is 9.49. The minimum Gasteiger partial charge on any atom is -0.481 e. The molecule has 0 bridgehead atoms. The highest BCUT2D eigenvalue weighted by molar-refractivity contribution is 8.00. The molecule has 0 saturated carbocycles. The summed E-state index contributed by atoms with van der Waals surface area (Å²) in [6, 6.07) is 0. The van der Waals surface area contributed by atoms with Crippen LogP contribution in [-0.2, 0) is 4.79 Å². The van der Waals surface area contributed by atoms with Crippen molar-refractivity contribution in [3.8, 4) is 0 Å². The minimum atomic E-state index is -0.696. The zero-order valence-corrected chi connectivity index (χ0v) is 9.02. The molecular formula is C9H18O2S. The molecule has 0 aromatic carbocycles. The van der Waals surface area contributed by atoms with Crippen molar-refractivity contribution in [2.45, 2.75) is 44.6 Å². The Bertz CT molecular complexity index is 147. The van der Waals surface area contributed by atoms with Gasteiger partial charge >= 0.3 is 5.97 Å². The molecule has 0 fully saturated rings. The Morgan fingerprint density at radius 1 is 1.42 bits per heavy atom. The van der Waals surface area contributed by atoms with Crippen LogP contribution in [0.1, 0.15) is 34.1 Å². The number of carbonyl (C=O) groups is 1. The van der Waals surface area contributed by atoms with Crippen LogP contribution in [0.5, 0.6) is 0 Å². The van der Waals surface area contributed by atoms with E-state index in [-0.39, 0.29) is 11.2 Å². The molecule has 3 heteroatoms. The first-order valence-corrected chi connectivity index (χ1v) is 5.31. The van der Waals surface area contributed by atoms with Crippen LogP contribution in [0.25, 0.3) is 0 Å². The number of thioether (sulfide) groups is 1. The zero-order chi connectivity index (χ0) is 9.72. The topological polar surface area (TPSA) is 37.3 Å². The van der Waals surface area contributed by atoms with Crippen molar-refractivity contribution >= 4 is 17.7 Å². The summed E-state index contributed by atoms with van der Waals surface area (Å²) < 4.78 is 0. The minimum absolute atomic E-state index is 0.206.